The standard InChI is InChI=1S/C15H20F2N2O/c1-3-5-15(6-4-7-18-15)14(20)19-13-9-11(16)10(2)8-12(13)17/h8-9,18H,3-7H2,1-2H3,(H,19,20). The molecule has 0 bridgehead atoms. The molecule has 0 radical (unpaired) electrons. The van der Waals surface area contributed by atoms with Crippen molar-refractivity contribution in [2.45, 2.75) is 45.1 Å². The molecule has 3 nitrogen and oxygen atoms in total. The molecule has 2 rings (SSSR count). The molecular weight excluding hydrogens is 262 g/mol. The summed E-state index contributed by atoms with van der Waals surface area (Å²) in [6.07, 6.45) is 3.18. The minimum Gasteiger partial charge on any atom is -0.322 e. The Morgan fingerprint density at radius 2 is 2.15 bits per heavy atom. The highest BCUT2D eigenvalue weighted by Crippen LogP contribution is 2.27. The van der Waals surface area contributed by atoms with Crippen LogP contribution in [0, 0.1) is 18.6 Å². The zero-order valence-electron chi connectivity index (χ0n) is 11.9. The van der Waals surface area contributed by atoms with E-state index in [2.05, 4.69) is 10.6 Å². The van der Waals surface area contributed by atoms with Gasteiger partial charge < -0.3 is 10.6 Å². The Labute approximate surface area is 117 Å². The van der Waals surface area contributed by atoms with Crippen molar-refractivity contribution in [2.75, 3.05) is 11.9 Å². The zero-order chi connectivity index (χ0) is 14.8. The molecule has 0 aromatic heterocycles. The molecule has 1 saturated heterocycles. The van der Waals surface area contributed by atoms with E-state index in [0.717, 1.165) is 37.9 Å². The van der Waals surface area contributed by atoms with Gasteiger partial charge in [-0.15, -0.1) is 0 Å². The monoisotopic (exact) mass is 282 g/mol. The van der Waals surface area contributed by atoms with Gasteiger partial charge in [0.2, 0.25) is 5.91 Å². The van der Waals surface area contributed by atoms with Crippen LogP contribution in [0.4, 0.5) is 14.5 Å². The van der Waals surface area contributed by atoms with Crippen LogP contribution in [0.5, 0.6) is 0 Å². The van der Waals surface area contributed by atoms with Crippen LogP contribution >= 0.6 is 0 Å². The Hall–Kier alpha value is -1.49. The van der Waals surface area contributed by atoms with Crippen LogP contribution in [0.3, 0.4) is 0 Å². The highest BCUT2D eigenvalue weighted by molar-refractivity contribution is 5.98. The average molecular weight is 282 g/mol. The van der Waals surface area contributed by atoms with Gasteiger partial charge in [0, 0.05) is 6.07 Å². The Kier molecular flexibility index (Phi) is 4.38. The van der Waals surface area contributed by atoms with E-state index in [9.17, 15) is 13.6 Å². The Morgan fingerprint density at radius 1 is 1.40 bits per heavy atom. The maximum Gasteiger partial charge on any atom is 0.244 e. The summed E-state index contributed by atoms with van der Waals surface area (Å²) in [6, 6.07) is 2.14. The number of halogens is 2. The number of nitrogens with one attached hydrogen (secondary N) is 2. The number of carbonyl (C=O) groups excluding carboxylic acids is 1. The highest BCUT2D eigenvalue weighted by atomic mass is 19.1. The molecule has 2 N–H and O–H groups in total. The van der Waals surface area contributed by atoms with Crippen LogP contribution in [0.25, 0.3) is 0 Å². The van der Waals surface area contributed by atoms with Crippen molar-refractivity contribution in [1.82, 2.24) is 5.32 Å². The van der Waals surface area contributed by atoms with Gasteiger partial charge in [-0.05, 0) is 44.4 Å². The molecule has 1 atom stereocenters. The maximum atomic E-state index is 13.8. The molecule has 5 heteroatoms. The second-order valence-corrected chi connectivity index (χ2v) is 5.40. The van der Waals surface area contributed by atoms with Crippen molar-refractivity contribution in [1.29, 1.82) is 0 Å². The van der Waals surface area contributed by atoms with Gasteiger partial charge in [0.25, 0.3) is 0 Å². The van der Waals surface area contributed by atoms with Gasteiger partial charge in [-0.25, -0.2) is 8.78 Å². The third kappa shape index (κ3) is 2.82. The Balaban J connectivity index is 2.20. The maximum absolute atomic E-state index is 13.8. The van der Waals surface area contributed by atoms with Crippen molar-refractivity contribution in [3.8, 4) is 0 Å². The van der Waals surface area contributed by atoms with Crippen LogP contribution in [0.2, 0.25) is 0 Å². The lowest BCUT2D eigenvalue weighted by atomic mass is 9.90. The molecule has 1 heterocycles. The quantitative estimate of drug-likeness (QED) is 0.890. The fourth-order valence-electron chi connectivity index (χ4n) is 2.74. The lowest BCUT2D eigenvalue weighted by Crippen LogP contribution is -2.50. The van der Waals surface area contributed by atoms with E-state index in [4.69, 9.17) is 0 Å². The predicted octanol–water partition coefficient (Wildman–Crippen LogP) is 3.13. The van der Waals surface area contributed by atoms with Crippen LogP contribution in [0.15, 0.2) is 12.1 Å². The fourth-order valence-corrected chi connectivity index (χ4v) is 2.74. The largest absolute Gasteiger partial charge is 0.322 e. The van der Waals surface area contributed by atoms with Gasteiger partial charge in [-0.1, -0.05) is 13.3 Å². The first-order valence-corrected chi connectivity index (χ1v) is 7.00. The van der Waals surface area contributed by atoms with Crippen molar-refractivity contribution < 1.29 is 13.6 Å². The van der Waals surface area contributed by atoms with Crippen molar-refractivity contribution in [3.63, 3.8) is 0 Å². The van der Waals surface area contributed by atoms with E-state index in [0.29, 0.717) is 6.42 Å². The van der Waals surface area contributed by atoms with Gasteiger partial charge in [-0.2, -0.15) is 0 Å². The molecule has 1 amide bonds. The SMILES string of the molecule is CCCC1(C(=O)Nc2cc(F)c(C)cc2F)CCCN1. The highest BCUT2D eigenvalue weighted by Gasteiger charge is 2.40. The second-order valence-electron chi connectivity index (χ2n) is 5.40. The molecule has 0 aliphatic carbocycles. The van der Waals surface area contributed by atoms with Crippen molar-refractivity contribution in [2.24, 2.45) is 0 Å². The minimum absolute atomic E-state index is 0.0951. The number of amides is 1. The second kappa shape index (κ2) is 5.87. The molecule has 0 saturated carbocycles. The molecule has 20 heavy (non-hydrogen) atoms. The first-order chi connectivity index (χ1) is 9.48. The summed E-state index contributed by atoms with van der Waals surface area (Å²) in [5.74, 6) is -1.41. The normalized spacial score (nSPS) is 22.0. The van der Waals surface area contributed by atoms with Crippen LogP contribution < -0.4 is 10.6 Å². The lowest BCUT2D eigenvalue weighted by molar-refractivity contribution is -0.122. The third-order valence-corrected chi connectivity index (χ3v) is 3.85. The smallest absolute Gasteiger partial charge is 0.244 e. The summed E-state index contributed by atoms with van der Waals surface area (Å²) in [6.45, 7) is 4.26. The number of benzene rings is 1. The van der Waals surface area contributed by atoms with Gasteiger partial charge in [-0.3, -0.25) is 4.79 Å². The Bertz CT molecular complexity index is 511. The predicted molar refractivity (Wildman–Crippen MR) is 74.6 cm³/mol. The number of hydrogen-bond acceptors (Lipinski definition) is 2. The first-order valence-electron chi connectivity index (χ1n) is 7.00. The third-order valence-electron chi connectivity index (χ3n) is 3.85. The number of rotatable bonds is 4. The van der Waals surface area contributed by atoms with Gasteiger partial charge in [0.15, 0.2) is 0 Å². The summed E-state index contributed by atoms with van der Waals surface area (Å²) in [5, 5.41) is 5.74. The van der Waals surface area contributed by atoms with Crippen LogP contribution in [-0.2, 0) is 4.79 Å². The molecule has 1 aromatic rings. The summed E-state index contributed by atoms with van der Waals surface area (Å²) in [5.41, 5.74) is -0.521. The zero-order valence-corrected chi connectivity index (χ0v) is 11.9. The van der Waals surface area contributed by atoms with Crippen LogP contribution in [0.1, 0.15) is 38.2 Å². The molecule has 0 spiro atoms. The van der Waals surface area contributed by atoms with Crippen molar-refractivity contribution in [3.05, 3.63) is 29.3 Å². The Morgan fingerprint density at radius 3 is 2.75 bits per heavy atom. The lowest BCUT2D eigenvalue weighted by Gasteiger charge is -2.28. The van der Waals surface area contributed by atoms with Gasteiger partial charge in [0.05, 0.1) is 11.2 Å². The van der Waals surface area contributed by atoms with Gasteiger partial charge >= 0.3 is 0 Å². The summed E-state index contributed by atoms with van der Waals surface area (Å²) < 4.78 is 27.3. The molecule has 1 aromatic carbocycles. The van der Waals surface area contributed by atoms with E-state index in [1.807, 2.05) is 6.92 Å². The number of aryl methyl sites for hydroxylation is 1. The summed E-state index contributed by atoms with van der Waals surface area (Å²) in [7, 11) is 0. The molecule has 1 aliphatic heterocycles. The van der Waals surface area contributed by atoms with E-state index in [1.54, 1.807) is 0 Å². The topological polar surface area (TPSA) is 41.1 Å². The van der Waals surface area contributed by atoms with Crippen molar-refractivity contribution >= 4 is 11.6 Å². The summed E-state index contributed by atoms with van der Waals surface area (Å²) in [4.78, 5) is 12.4. The number of carbonyl (C=O) groups is 1. The van der Waals surface area contributed by atoms with E-state index < -0.39 is 17.2 Å². The van der Waals surface area contributed by atoms with E-state index in [1.165, 1.54) is 6.92 Å². The molecule has 110 valence electrons. The number of hydrogen-bond donors (Lipinski definition) is 2. The van der Waals surface area contributed by atoms with Crippen LogP contribution in [-0.4, -0.2) is 18.0 Å². The average Bonchev–Trinajstić information content (AvgIpc) is 2.86. The molecule has 1 aliphatic rings. The summed E-state index contributed by atoms with van der Waals surface area (Å²) >= 11 is 0. The van der Waals surface area contributed by atoms with Gasteiger partial charge in [0.1, 0.15) is 11.6 Å². The van der Waals surface area contributed by atoms with E-state index >= 15 is 0 Å². The molecule has 1 fully saturated rings. The fraction of sp³-hybridized carbons (Fsp3) is 0.533. The minimum atomic E-state index is -0.650. The molecule has 1 unspecified atom stereocenters. The number of anilines is 1. The molecular formula is C15H20F2N2O. The van der Waals surface area contributed by atoms with E-state index in [-0.39, 0.29) is 17.2 Å². The first kappa shape index (κ1) is 14.9.